The van der Waals surface area contributed by atoms with Crippen molar-refractivity contribution >= 4 is 22.6 Å². The maximum absolute atomic E-state index is 12.0. The second-order valence-electron chi connectivity index (χ2n) is 6.39. The average molecular weight is 343 g/mol. The molecular weight excluding hydrogens is 318 g/mol. The van der Waals surface area contributed by atoms with Gasteiger partial charge in [0.1, 0.15) is 5.82 Å². The summed E-state index contributed by atoms with van der Waals surface area (Å²) in [6.45, 7) is 1.90. The van der Waals surface area contributed by atoms with Gasteiger partial charge in [-0.15, -0.1) is 0 Å². The van der Waals surface area contributed by atoms with E-state index in [1.54, 1.807) is 7.11 Å². The Hall–Kier alpha value is -2.18. The summed E-state index contributed by atoms with van der Waals surface area (Å²) in [5.41, 5.74) is 1.71. The van der Waals surface area contributed by atoms with Gasteiger partial charge in [0.05, 0.1) is 25.2 Å². The number of fused-ring (bicyclic) bond motifs is 1. The third-order valence-corrected chi connectivity index (χ3v) is 4.68. The molecule has 1 fully saturated rings. The zero-order valence-corrected chi connectivity index (χ0v) is 14.6. The van der Waals surface area contributed by atoms with Gasteiger partial charge >= 0.3 is 0 Å². The molecular formula is C19H25N3O3. The number of amides is 1. The summed E-state index contributed by atoms with van der Waals surface area (Å²) in [6, 6.07) is 10.1. The van der Waals surface area contributed by atoms with Gasteiger partial charge in [-0.05, 0) is 25.0 Å². The molecule has 0 saturated carbocycles. The van der Waals surface area contributed by atoms with E-state index in [2.05, 4.69) is 10.3 Å². The number of aliphatic hydroxyl groups is 1. The van der Waals surface area contributed by atoms with Gasteiger partial charge in [0.25, 0.3) is 0 Å². The summed E-state index contributed by atoms with van der Waals surface area (Å²) in [6.07, 6.45) is 2.19. The van der Waals surface area contributed by atoms with E-state index in [0.29, 0.717) is 13.0 Å². The van der Waals surface area contributed by atoms with E-state index in [0.717, 1.165) is 48.2 Å². The van der Waals surface area contributed by atoms with Gasteiger partial charge in [-0.3, -0.25) is 4.79 Å². The fraction of sp³-hybridized carbons (Fsp3) is 0.474. The van der Waals surface area contributed by atoms with Crippen LogP contribution in [0.3, 0.4) is 0 Å². The van der Waals surface area contributed by atoms with E-state index >= 15 is 0 Å². The van der Waals surface area contributed by atoms with E-state index in [-0.39, 0.29) is 18.6 Å². The molecule has 1 aromatic carbocycles. The van der Waals surface area contributed by atoms with Crippen LogP contribution in [-0.2, 0) is 16.1 Å². The van der Waals surface area contributed by atoms with Gasteiger partial charge in [0.2, 0.25) is 5.91 Å². The lowest BCUT2D eigenvalue weighted by Crippen LogP contribution is -2.42. The minimum Gasteiger partial charge on any atom is -0.392 e. The van der Waals surface area contributed by atoms with Crippen LogP contribution in [0, 0.1) is 0 Å². The first-order valence-electron chi connectivity index (χ1n) is 8.74. The first kappa shape index (κ1) is 17.6. The quantitative estimate of drug-likeness (QED) is 0.841. The lowest BCUT2D eigenvalue weighted by atomic mass is 10.0. The fourth-order valence-corrected chi connectivity index (χ4v) is 3.22. The summed E-state index contributed by atoms with van der Waals surface area (Å²) >= 11 is 0. The van der Waals surface area contributed by atoms with Gasteiger partial charge in [0, 0.05) is 37.2 Å². The highest BCUT2D eigenvalue weighted by Gasteiger charge is 2.23. The number of hydrogen-bond donors (Lipinski definition) is 2. The van der Waals surface area contributed by atoms with Crippen molar-refractivity contribution in [1.29, 1.82) is 0 Å². The molecule has 25 heavy (non-hydrogen) atoms. The highest BCUT2D eigenvalue weighted by atomic mass is 16.5. The number of para-hydroxylation sites is 1. The van der Waals surface area contributed by atoms with Gasteiger partial charge in [0.15, 0.2) is 0 Å². The van der Waals surface area contributed by atoms with Crippen LogP contribution < -0.4 is 5.32 Å². The smallest absolute Gasteiger partial charge is 0.224 e. The number of methoxy groups -OCH3 is 1. The van der Waals surface area contributed by atoms with E-state index in [1.165, 1.54) is 0 Å². The normalized spacial score (nSPS) is 15.5. The minimum atomic E-state index is -0.0471. The molecule has 6 heteroatoms. The number of ether oxygens (including phenoxy) is 1. The largest absolute Gasteiger partial charge is 0.392 e. The molecule has 134 valence electrons. The number of carbonyl (C=O) groups excluding carboxylic acids is 1. The van der Waals surface area contributed by atoms with Crippen LogP contribution in [0.15, 0.2) is 30.3 Å². The number of aliphatic hydroxyl groups excluding tert-OH is 1. The molecule has 0 spiro atoms. The van der Waals surface area contributed by atoms with Crippen molar-refractivity contribution in [3.8, 4) is 0 Å². The SMILES string of the molecule is COCCC(=O)N1CCC(Nc2nc3ccccc3cc2CO)CC1. The fourth-order valence-electron chi connectivity index (χ4n) is 3.22. The molecule has 1 saturated heterocycles. The Morgan fingerprint density at radius 1 is 1.36 bits per heavy atom. The third-order valence-electron chi connectivity index (χ3n) is 4.68. The second-order valence-corrected chi connectivity index (χ2v) is 6.39. The Balaban J connectivity index is 1.64. The molecule has 0 aliphatic carbocycles. The molecule has 2 N–H and O–H groups in total. The zero-order chi connectivity index (χ0) is 17.6. The number of nitrogens with zero attached hydrogens (tertiary/aromatic N) is 2. The Kier molecular flexibility index (Phi) is 5.83. The Labute approximate surface area is 147 Å². The molecule has 2 aromatic rings. The van der Waals surface area contributed by atoms with Crippen LogP contribution in [0.1, 0.15) is 24.8 Å². The molecule has 6 nitrogen and oxygen atoms in total. The molecule has 0 atom stereocenters. The van der Waals surface area contributed by atoms with Gasteiger partial charge in [-0.1, -0.05) is 18.2 Å². The summed E-state index contributed by atoms with van der Waals surface area (Å²) in [5, 5.41) is 14.1. The lowest BCUT2D eigenvalue weighted by Gasteiger charge is -2.33. The molecule has 0 bridgehead atoms. The van der Waals surface area contributed by atoms with Crippen LogP contribution in [0.4, 0.5) is 5.82 Å². The lowest BCUT2D eigenvalue weighted by molar-refractivity contribution is -0.133. The molecule has 2 heterocycles. The first-order chi connectivity index (χ1) is 12.2. The Bertz CT molecular complexity index is 727. The molecule has 1 aliphatic rings. The van der Waals surface area contributed by atoms with Crippen molar-refractivity contribution in [2.24, 2.45) is 0 Å². The summed E-state index contributed by atoms with van der Waals surface area (Å²) in [5.74, 6) is 0.894. The van der Waals surface area contributed by atoms with E-state index in [4.69, 9.17) is 4.74 Å². The third kappa shape index (κ3) is 4.27. The average Bonchev–Trinajstić information content (AvgIpc) is 2.66. The van der Waals surface area contributed by atoms with Crippen molar-refractivity contribution in [3.63, 3.8) is 0 Å². The first-order valence-corrected chi connectivity index (χ1v) is 8.74. The van der Waals surface area contributed by atoms with Crippen molar-refractivity contribution < 1.29 is 14.6 Å². The number of aromatic nitrogens is 1. The molecule has 1 amide bonds. The number of rotatable bonds is 6. The van der Waals surface area contributed by atoms with Crippen molar-refractivity contribution in [3.05, 3.63) is 35.9 Å². The number of hydrogen-bond acceptors (Lipinski definition) is 5. The van der Waals surface area contributed by atoms with E-state index < -0.39 is 0 Å². The topological polar surface area (TPSA) is 74.7 Å². The van der Waals surface area contributed by atoms with Crippen LogP contribution in [-0.4, -0.2) is 53.7 Å². The van der Waals surface area contributed by atoms with Crippen LogP contribution in [0.25, 0.3) is 10.9 Å². The number of likely N-dealkylation sites (tertiary alicyclic amines) is 1. The van der Waals surface area contributed by atoms with Gasteiger partial charge in [-0.2, -0.15) is 0 Å². The number of nitrogens with one attached hydrogen (secondary N) is 1. The standard InChI is InChI=1S/C19H25N3O3/c1-25-11-8-18(24)22-9-6-16(7-10-22)20-19-15(13-23)12-14-4-2-3-5-17(14)21-19/h2-5,12,16,23H,6-11,13H2,1H3,(H,20,21). The predicted octanol–water partition coefficient (Wildman–Crippen LogP) is 2.17. The molecule has 0 radical (unpaired) electrons. The van der Waals surface area contributed by atoms with Crippen molar-refractivity contribution in [1.82, 2.24) is 9.88 Å². The monoisotopic (exact) mass is 343 g/mol. The molecule has 0 unspecified atom stereocenters. The number of piperidine rings is 1. The van der Waals surface area contributed by atoms with Crippen LogP contribution in [0.2, 0.25) is 0 Å². The molecule has 1 aliphatic heterocycles. The number of pyridine rings is 1. The Morgan fingerprint density at radius 2 is 2.12 bits per heavy atom. The van der Waals surface area contributed by atoms with Crippen molar-refractivity contribution in [2.75, 3.05) is 32.1 Å². The maximum atomic E-state index is 12.0. The van der Waals surface area contributed by atoms with Crippen LogP contribution in [0.5, 0.6) is 0 Å². The predicted molar refractivity (Wildman–Crippen MR) is 97.4 cm³/mol. The highest BCUT2D eigenvalue weighted by molar-refractivity contribution is 5.81. The van der Waals surface area contributed by atoms with Crippen molar-refractivity contribution in [2.45, 2.75) is 31.9 Å². The summed E-state index contributed by atoms with van der Waals surface area (Å²) in [7, 11) is 1.61. The maximum Gasteiger partial charge on any atom is 0.224 e. The van der Waals surface area contributed by atoms with E-state index in [9.17, 15) is 9.90 Å². The second kappa shape index (κ2) is 8.27. The summed E-state index contributed by atoms with van der Waals surface area (Å²) < 4.78 is 4.97. The number of anilines is 1. The summed E-state index contributed by atoms with van der Waals surface area (Å²) in [4.78, 5) is 18.6. The zero-order valence-electron chi connectivity index (χ0n) is 14.6. The van der Waals surface area contributed by atoms with Crippen LogP contribution >= 0.6 is 0 Å². The van der Waals surface area contributed by atoms with Gasteiger partial charge < -0.3 is 20.1 Å². The molecule has 3 rings (SSSR count). The Morgan fingerprint density at radius 3 is 2.84 bits per heavy atom. The molecule has 1 aromatic heterocycles. The van der Waals surface area contributed by atoms with E-state index in [1.807, 2.05) is 35.2 Å². The van der Waals surface area contributed by atoms with Gasteiger partial charge in [-0.25, -0.2) is 4.98 Å². The number of benzene rings is 1. The highest BCUT2D eigenvalue weighted by Crippen LogP contribution is 2.23. The minimum absolute atomic E-state index is 0.0471. The number of carbonyl (C=O) groups is 1.